The topological polar surface area (TPSA) is 73.6 Å². The average molecular weight is 416 g/mol. The maximum Gasteiger partial charge on any atom is 0.255 e. The standard InChI is InChI=1S/C17H19BrN2O3.ClH/c1-22-15-8-13(7-14(18)17(15)23-11-16(19)21)10-20-9-12-5-3-2-4-6-12;/h2-8,20H,9-11H2,1H3,(H2,19,21);1H. The van der Waals surface area contributed by atoms with E-state index in [2.05, 4.69) is 33.4 Å². The maximum absolute atomic E-state index is 10.9. The van der Waals surface area contributed by atoms with E-state index in [4.69, 9.17) is 15.2 Å². The summed E-state index contributed by atoms with van der Waals surface area (Å²) in [5.74, 6) is 0.489. The van der Waals surface area contributed by atoms with E-state index in [1.165, 1.54) is 5.56 Å². The van der Waals surface area contributed by atoms with Gasteiger partial charge in [0.1, 0.15) is 0 Å². The normalized spacial score (nSPS) is 9.92. The number of amides is 1. The lowest BCUT2D eigenvalue weighted by molar-refractivity contribution is -0.119. The second kappa shape index (κ2) is 10.2. The van der Waals surface area contributed by atoms with Gasteiger partial charge in [-0.2, -0.15) is 0 Å². The third-order valence-electron chi connectivity index (χ3n) is 3.15. The Labute approximate surface area is 156 Å². The van der Waals surface area contributed by atoms with Gasteiger partial charge in [-0.05, 0) is 39.2 Å². The molecule has 130 valence electrons. The highest BCUT2D eigenvalue weighted by Crippen LogP contribution is 2.36. The van der Waals surface area contributed by atoms with Crippen LogP contribution in [0.5, 0.6) is 11.5 Å². The molecule has 0 spiro atoms. The van der Waals surface area contributed by atoms with E-state index in [0.29, 0.717) is 18.0 Å². The molecular formula is C17H20BrClN2O3. The number of rotatable bonds is 8. The molecule has 0 saturated carbocycles. The zero-order valence-electron chi connectivity index (χ0n) is 13.3. The third kappa shape index (κ3) is 6.03. The van der Waals surface area contributed by atoms with Gasteiger partial charge in [0.2, 0.25) is 0 Å². The van der Waals surface area contributed by atoms with Gasteiger partial charge in [-0.1, -0.05) is 30.3 Å². The molecule has 0 aromatic heterocycles. The van der Waals surface area contributed by atoms with Gasteiger partial charge in [-0.25, -0.2) is 0 Å². The van der Waals surface area contributed by atoms with Gasteiger partial charge >= 0.3 is 0 Å². The first kappa shape index (κ1) is 20.3. The van der Waals surface area contributed by atoms with Gasteiger partial charge in [-0.15, -0.1) is 12.4 Å². The molecule has 0 aliphatic heterocycles. The van der Waals surface area contributed by atoms with Crippen molar-refractivity contribution in [1.82, 2.24) is 5.32 Å². The maximum atomic E-state index is 10.9. The van der Waals surface area contributed by atoms with Crippen LogP contribution in [-0.2, 0) is 17.9 Å². The first-order valence-corrected chi connectivity index (χ1v) is 7.91. The molecule has 2 rings (SSSR count). The van der Waals surface area contributed by atoms with Crippen LogP contribution in [0.15, 0.2) is 46.9 Å². The number of ether oxygens (including phenoxy) is 2. The molecule has 0 unspecified atom stereocenters. The molecule has 0 atom stereocenters. The number of nitrogens with two attached hydrogens (primary N) is 1. The monoisotopic (exact) mass is 414 g/mol. The molecule has 0 saturated heterocycles. The van der Waals surface area contributed by atoms with Crippen LogP contribution in [0.3, 0.4) is 0 Å². The Morgan fingerprint density at radius 3 is 2.46 bits per heavy atom. The molecule has 0 heterocycles. The summed E-state index contributed by atoms with van der Waals surface area (Å²) in [5, 5.41) is 3.37. The van der Waals surface area contributed by atoms with Crippen molar-refractivity contribution in [1.29, 1.82) is 0 Å². The quantitative estimate of drug-likeness (QED) is 0.695. The minimum Gasteiger partial charge on any atom is -0.493 e. The molecule has 2 aromatic rings. The minimum atomic E-state index is -0.535. The number of nitrogens with one attached hydrogen (secondary N) is 1. The highest BCUT2D eigenvalue weighted by molar-refractivity contribution is 9.10. The third-order valence-corrected chi connectivity index (χ3v) is 3.74. The second-order valence-electron chi connectivity index (χ2n) is 4.95. The molecule has 0 aliphatic carbocycles. The SMILES string of the molecule is COc1cc(CNCc2ccccc2)cc(Br)c1OCC(N)=O.Cl. The van der Waals surface area contributed by atoms with Gasteiger partial charge in [0.15, 0.2) is 18.1 Å². The number of primary amides is 1. The Kier molecular flexibility index (Phi) is 8.60. The molecule has 24 heavy (non-hydrogen) atoms. The van der Waals surface area contributed by atoms with Crippen molar-refractivity contribution in [2.75, 3.05) is 13.7 Å². The average Bonchev–Trinajstić information content (AvgIpc) is 2.54. The van der Waals surface area contributed by atoms with E-state index in [9.17, 15) is 4.79 Å². The molecule has 2 aromatic carbocycles. The highest BCUT2D eigenvalue weighted by Gasteiger charge is 2.12. The van der Waals surface area contributed by atoms with Crippen molar-refractivity contribution >= 4 is 34.2 Å². The Bertz CT molecular complexity index is 668. The van der Waals surface area contributed by atoms with E-state index < -0.39 is 5.91 Å². The predicted molar refractivity (Wildman–Crippen MR) is 99.6 cm³/mol. The van der Waals surface area contributed by atoms with Crippen LogP contribution >= 0.6 is 28.3 Å². The van der Waals surface area contributed by atoms with E-state index >= 15 is 0 Å². The molecule has 0 radical (unpaired) electrons. The summed E-state index contributed by atoms with van der Waals surface area (Å²) in [5.41, 5.74) is 7.36. The molecule has 0 bridgehead atoms. The van der Waals surface area contributed by atoms with Crippen molar-refractivity contribution in [2.45, 2.75) is 13.1 Å². The lowest BCUT2D eigenvalue weighted by Crippen LogP contribution is -2.20. The Hall–Kier alpha value is -1.76. The first-order chi connectivity index (χ1) is 11.1. The lowest BCUT2D eigenvalue weighted by Gasteiger charge is -2.14. The number of halogens is 2. The smallest absolute Gasteiger partial charge is 0.255 e. The Morgan fingerprint density at radius 2 is 1.83 bits per heavy atom. The van der Waals surface area contributed by atoms with Gasteiger partial charge in [-0.3, -0.25) is 4.79 Å². The number of hydrogen-bond donors (Lipinski definition) is 2. The van der Waals surface area contributed by atoms with Crippen molar-refractivity contribution in [3.05, 3.63) is 58.1 Å². The van der Waals surface area contributed by atoms with Crippen LogP contribution in [0.4, 0.5) is 0 Å². The number of hydrogen-bond acceptors (Lipinski definition) is 4. The zero-order chi connectivity index (χ0) is 16.7. The Morgan fingerprint density at radius 1 is 1.17 bits per heavy atom. The van der Waals surface area contributed by atoms with Gasteiger partial charge in [0.25, 0.3) is 5.91 Å². The van der Waals surface area contributed by atoms with Gasteiger partial charge < -0.3 is 20.5 Å². The van der Waals surface area contributed by atoms with Crippen LogP contribution in [0.1, 0.15) is 11.1 Å². The number of carbonyl (C=O) groups excluding carboxylic acids is 1. The van der Waals surface area contributed by atoms with E-state index in [1.807, 2.05) is 30.3 Å². The zero-order valence-corrected chi connectivity index (χ0v) is 15.7. The molecule has 5 nitrogen and oxygen atoms in total. The summed E-state index contributed by atoms with van der Waals surface area (Å²) < 4.78 is 11.4. The van der Waals surface area contributed by atoms with Crippen LogP contribution < -0.4 is 20.5 Å². The van der Waals surface area contributed by atoms with Crippen molar-refractivity contribution in [2.24, 2.45) is 5.73 Å². The number of benzene rings is 2. The fourth-order valence-electron chi connectivity index (χ4n) is 2.11. The predicted octanol–water partition coefficient (Wildman–Crippen LogP) is 3.03. The van der Waals surface area contributed by atoms with Crippen molar-refractivity contribution < 1.29 is 14.3 Å². The first-order valence-electron chi connectivity index (χ1n) is 7.12. The van der Waals surface area contributed by atoms with Crippen LogP contribution in [0, 0.1) is 0 Å². The molecule has 3 N–H and O–H groups in total. The van der Waals surface area contributed by atoms with Crippen LogP contribution in [0.25, 0.3) is 0 Å². The highest BCUT2D eigenvalue weighted by atomic mass is 79.9. The second-order valence-corrected chi connectivity index (χ2v) is 5.81. The van der Waals surface area contributed by atoms with Crippen molar-refractivity contribution in [3.63, 3.8) is 0 Å². The summed E-state index contributed by atoms with van der Waals surface area (Å²) in [6.07, 6.45) is 0. The van der Waals surface area contributed by atoms with E-state index in [1.54, 1.807) is 7.11 Å². The van der Waals surface area contributed by atoms with E-state index in [0.717, 1.165) is 16.6 Å². The number of methoxy groups -OCH3 is 1. The summed E-state index contributed by atoms with van der Waals surface area (Å²) in [7, 11) is 1.56. The Balaban J connectivity index is 0.00000288. The fraction of sp³-hybridized carbons (Fsp3) is 0.235. The van der Waals surface area contributed by atoms with Crippen LogP contribution in [0.2, 0.25) is 0 Å². The van der Waals surface area contributed by atoms with Gasteiger partial charge in [0.05, 0.1) is 11.6 Å². The molecule has 0 aliphatic rings. The summed E-state index contributed by atoms with van der Waals surface area (Å²) in [6.45, 7) is 1.27. The molecular weight excluding hydrogens is 396 g/mol. The number of carbonyl (C=O) groups is 1. The summed E-state index contributed by atoms with van der Waals surface area (Å²) in [6, 6.07) is 14.0. The van der Waals surface area contributed by atoms with Gasteiger partial charge in [0, 0.05) is 13.1 Å². The molecule has 0 fully saturated rings. The fourth-order valence-corrected chi connectivity index (χ4v) is 2.71. The summed E-state index contributed by atoms with van der Waals surface area (Å²) >= 11 is 3.44. The largest absolute Gasteiger partial charge is 0.493 e. The van der Waals surface area contributed by atoms with Crippen LogP contribution in [-0.4, -0.2) is 19.6 Å². The van der Waals surface area contributed by atoms with E-state index in [-0.39, 0.29) is 19.0 Å². The molecule has 7 heteroatoms. The van der Waals surface area contributed by atoms with Crippen molar-refractivity contribution in [3.8, 4) is 11.5 Å². The lowest BCUT2D eigenvalue weighted by atomic mass is 10.2. The minimum absolute atomic E-state index is 0. The summed E-state index contributed by atoms with van der Waals surface area (Å²) in [4.78, 5) is 10.9. The molecule has 1 amide bonds.